The van der Waals surface area contributed by atoms with Gasteiger partial charge in [-0.15, -0.1) is 0 Å². The Morgan fingerprint density at radius 2 is 1.87 bits per heavy atom. The molecule has 5 atom stereocenters. The molecule has 0 aliphatic carbocycles. The number of nitrogens with zero attached hydrogens (tertiary/aromatic N) is 1. The first-order valence-electron chi connectivity index (χ1n) is 11.0. The fraction of sp³-hybridized carbons (Fsp3) is 0.800. The highest BCUT2D eigenvalue weighted by Gasteiger charge is 2.40. The minimum atomic E-state index is -1.18. The van der Waals surface area contributed by atoms with Crippen molar-refractivity contribution in [2.45, 2.75) is 82.1 Å². The lowest BCUT2D eigenvalue weighted by Gasteiger charge is -2.31. The molecule has 0 aromatic heterocycles. The van der Waals surface area contributed by atoms with E-state index in [0.717, 1.165) is 13.0 Å². The van der Waals surface area contributed by atoms with Crippen LogP contribution in [0.15, 0.2) is 0 Å². The molecule has 2 fully saturated rings. The molecule has 0 saturated carbocycles. The van der Waals surface area contributed by atoms with Crippen LogP contribution in [0.3, 0.4) is 0 Å². The Morgan fingerprint density at radius 1 is 1.13 bits per heavy atom. The summed E-state index contributed by atoms with van der Waals surface area (Å²) in [6, 6.07) is -3.48. The number of hydrogen-bond acceptors (Lipinski definition) is 7. The lowest BCUT2D eigenvalue weighted by molar-refractivity contribution is -0.146. The van der Waals surface area contributed by atoms with Crippen molar-refractivity contribution in [3.05, 3.63) is 0 Å². The van der Waals surface area contributed by atoms with Crippen LogP contribution in [0.2, 0.25) is 0 Å². The lowest BCUT2D eigenvalue weighted by Crippen LogP contribution is -2.59. The van der Waals surface area contributed by atoms with Crippen LogP contribution in [0.25, 0.3) is 0 Å². The Kier molecular flexibility index (Phi) is 9.66. The van der Waals surface area contributed by atoms with Gasteiger partial charge < -0.3 is 36.8 Å². The number of nitrogens with one attached hydrogen (secondary N) is 3. The van der Waals surface area contributed by atoms with E-state index in [1.807, 2.05) is 0 Å². The van der Waals surface area contributed by atoms with Crippen molar-refractivity contribution in [3.8, 4) is 0 Å². The fourth-order valence-electron chi connectivity index (χ4n) is 4.05. The molecular formula is C20H35N5O6. The maximum atomic E-state index is 13.1. The molecule has 31 heavy (non-hydrogen) atoms. The highest BCUT2D eigenvalue weighted by atomic mass is 16.4. The van der Waals surface area contributed by atoms with Crippen molar-refractivity contribution >= 4 is 23.7 Å². The van der Waals surface area contributed by atoms with E-state index in [2.05, 4.69) is 16.0 Å². The van der Waals surface area contributed by atoms with E-state index in [1.54, 1.807) is 0 Å². The van der Waals surface area contributed by atoms with Crippen LogP contribution in [0, 0.1) is 0 Å². The van der Waals surface area contributed by atoms with Crippen LogP contribution in [-0.4, -0.2) is 88.7 Å². The smallest absolute Gasteiger partial charge is 0.326 e. The van der Waals surface area contributed by atoms with E-state index < -0.39 is 48.1 Å². The van der Waals surface area contributed by atoms with Crippen LogP contribution in [-0.2, 0) is 19.2 Å². The zero-order chi connectivity index (χ0) is 23.0. The van der Waals surface area contributed by atoms with Gasteiger partial charge in [-0.2, -0.15) is 0 Å². The Bertz CT molecular complexity index is 652. The summed E-state index contributed by atoms with van der Waals surface area (Å²) in [4.78, 5) is 51.1. The van der Waals surface area contributed by atoms with Crippen LogP contribution < -0.4 is 21.7 Å². The number of aliphatic hydroxyl groups excluding tert-OH is 1. The molecule has 0 aromatic rings. The van der Waals surface area contributed by atoms with E-state index in [1.165, 1.54) is 11.8 Å². The molecule has 2 aliphatic rings. The standard InChI is InChI=1S/C20H35N5O6/c1-12(26)16(24-17(27)13-7-4-10-22-13)19(29)25-11-5-8-15(25)18(28)23-14(20(30)31)6-2-3-9-21/h12-16,22,26H,2-11,21H2,1H3,(H,23,28)(H,24,27)(H,30,31). The predicted octanol–water partition coefficient (Wildman–Crippen LogP) is -1.71. The third-order valence-corrected chi connectivity index (χ3v) is 5.82. The quantitative estimate of drug-likeness (QED) is 0.206. The number of carboxylic acids is 1. The summed E-state index contributed by atoms with van der Waals surface area (Å²) in [5.74, 6) is -2.59. The topological polar surface area (TPSA) is 174 Å². The highest BCUT2D eigenvalue weighted by Crippen LogP contribution is 2.20. The van der Waals surface area contributed by atoms with Crippen LogP contribution >= 0.6 is 0 Å². The second-order valence-corrected chi connectivity index (χ2v) is 8.25. The number of likely N-dealkylation sites (tertiary alicyclic amines) is 1. The number of rotatable bonds is 11. The molecule has 2 saturated heterocycles. The summed E-state index contributed by atoms with van der Waals surface area (Å²) in [5, 5.41) is 27.7. The molecular weight excluding hydrogens is 406 g/mol. The zero-order valence-corrected chi connectivity index (χ0v) is 18.0. The van der Waals surface area contributed by atoms with Crippen molar-refractivity contribution in [1.29, 1.82) is 0 Å². The average Bonchev–Trinajstić information content (AvgIpc) is 3.42. The lowest BCUT2D eigenvalue weighted by atomic mass is 10.1. The zero-order valence-electron chi connectivity index (χ0n) is 18.0. The maximum Gasteiger partial charge on any atom is 0.326 e. The molecule has 11 nitrogen and oxygen atoms in total. The SMILES string of the molecule is CC(O)C(NC(=O)C1CCCN1)C(=O)N1CCCC1C(=O)NC(CCCCN)C(=O)O. The molecule has 7 N–H and O–H groups in total. The summed E-state index contributed by atoms with van der Waals surface area (Å²) in [6.45, 7) is 2.86. The van der Waals surface area contributed by atoms with Gasteiger partial charge in [0.2, 0.25) is 17.7 Å². The third-order valence-electron chi connectivity index (χ3n) is 5.82. The number of carbonyl (C=O) groups is 4. The van der Waals surface area contributed by atoms with Gasteiger partial charge in [0.1, 0.15) is 18.1 Å². The van der Waals surface area contributed by atoms with Gasteiger partial charge in [0.25, 0.3) is 0 Å². The normalized spacial score (nSPS) is 23.8. The van der Waals surface area contributed by atoms with Crippen LogP contribution in [0.5, 0.6) is 0 Å². The average molecular weight is 442 g/mol. The molecule has 176 valence electrons. The Morgan fingerprint density at radius 3 is 2.45 bits per heavy atom. The number of carboxylic acid groups (broad SMARTS) is 1. The summed E-state index contributed by atoms with van der Waals surface area (Å²) >= 11 is 0. The first-order valence-corrected chi connectivity index (χ1v) is 11.0. The van der Waals surface area contributed by atoms with Gasteiger partial charge >= 0.3 is 5.97 Å². The van der Waals surface area contributed by atoms with E-state index in [9.17, 15) is 29.4 Å². The van der Waals surface area contributed by atoms with E-state index in [0.29, 0.717) is 45.2 Å². The number of amides is 3. The van der Waals surface area contributed by atoms with Crippen molar-refractivity contribution < 1.29 is 29.4 Å². The summed E-state index contributed by atoms with van der Waals surface area (Å²) < 4.78 is 0. The number of aliphatic hydroxyl groups is 1. The Hall–Kier alpha value is -2.24. The van der Waals surface area contributed by atoms with Gasteiger partial charge in [-0.1, -0.05) is 0 Å². The van der Waals surface area contributed by atoms with Gasteiger partial charge in [-0.05, 0) is 65.0 Å². The fourth-order valence-corrected chi connectivity index (χ4v) is 4.05. The molecule has 0 aromatic carbocycles. The van der Waals surface area contributed by atoms with Gasteiger partial charge in [0, 0.05) is 6.54 Å². The van der Waals surface area contributed by atoms with Crippen LogP contribution in [0.1, 0.15) is 51.9 Å². The predicted molar refractivity (Wildman–Crippen MR) is 112 cm³/mol. The second-order valence-electron chi connectivity index (χ2n) is 8.25. The first kappa shape index (κ1) is 25.0. The molecule has 11 heteroatoms. The first-order chi connectivity index (χ1) is 14.8. The maximum absolute atomic E-state index is 13.1. The number of nitrogens with two attached hydrogens (primary N) is 1. The summed E-state index contributed by atoms with van der Waals surface area (Å²) in [6.07, 6.45) is 2.78. The Labute approximate surface area is 182 Å². The minimum Gasteiger partial charge on any atom is -0.480 e. The number of carbonyl (C=O) groups excluding carboxylic acids is 3. The summed E-state index contributed by atoms with van der Waals surface area (Å²) in [7, 11) is 0. The van der Waals surface area contributed by atoms with E-state index >= 15 is 0 Å². The number of aliphatic carboxylic acids is 1. The molecule has 5 unspecified atom stereocenters. The molecule has 2 aliphatic heterocycles. The highest BCUT2D eigenvalue weighted by molar-refractivity contribution is 5.94. The number of unbranched alkanes of at least 4 members (excludes halogenated alkanes) is 1. The van der Waals surface area contributed by atoms with Crippen molar-refractivity contribution in [2.75, 3.05) is 19.6 Å². The van der Waals surface area contributed by atoms with Crippen LogP contribution in [0.4, 0.5) is 0 Å². The monoisotopic (exact) mass is 441 g/mol. The summed E-state index contributed by atoms with van der Waals surface area (Å²) in [5.41, 5.74) is 5.44. The molecule has 2 rings (SSSR count). The van der Waals surface area contributed by atoms with Gasteiger partial charge in [-0.3, -0.25) is 14.4 Å². The number of hydrogen-bond donors (Lipinski definition) is 6. The third kappa shape index (κ3) is 6.88. The largest absolute Gasteiger partial charge is 0.480 e. The van der Waals surface area contributed by atoms with Crippen molar-refractivity contribution in [2.24, 2.45) is 5.73 Å². The van der Waals surface area contributed by atoms with Crippen molar-refractivity contribution in [3.63, 3.8) is 0 Å². The van der Waals surface area contributed by atoms with Gasteiger partial charge in [0.05, 0.1) is 12.1 Å². The molecule has 0 bridgehead atoms. The van der Waals surface area contributed by atoms with Gasteiger partial charge in [-0.25, -0.2) is 4.79 Å². The van der Waals surface area contributed by atoms with E-state index in [4.69, 9.17) is 5.73 Å². The van der Waals surface area contributed by atoms with E-state index in [-0.39, 0.29) is 12.3 Å². The van der Waals surface area contributed by atoms with Gasteiger partial charge in [0.15, 0.2) is 0 Å². The second kappa shape index (κ2) is 12.0. The molecule has 3 amide bonds. The molecule has 0 spiro atoms. The van der Waals surface area contributed by atoms with Crippen molar-refractivity contribution in [1.82, 2.24) is 20.9 Å². The molecule has 0 radical (unpaired) electrons. The minimum absolute atomic E-state index is 0.250. The molecule has 2 heterocycles. The Balaban J connectivity index is 2.03.